The van der Waals surface area contributed by atoms with Crippen LogP contribution in [0.1, 0.15) is 32.1 Å². The van der Waals surface area contributed by atoms with E-state index in [1.165, 1.54) is 58.3 Å². The van der Waals surface area contributed by atoms with Gasteiger partial charge in [-0.05, 0) is 51.9 Å². The van der Waals surface area contributed by atoms with Crippen LogP contribution in [0.2, 0.25) is 0 Å². The van der Waals surface area contributed by atoms with Crippen LogP contribution in [0.4, 0.5) is 0 Å². The summed E-state index contributed by atoms with van der Waals surface area (Å²) in [5.41, 5.74) is 0. The van der Waals surface area contributed by atoms with Gasteiger partial charge in [-0.2, -0.15) is 0 Å². The number of piperazine rings is 1. The number of ether oxygens (including phenoxy) is 1. The highest BCUT2D eigenvalue weighted by molar-refractivity contribution is 4.59. The van der Waals surface area contributed by atoms with Gasteiger partial charge in [0.15, 0.2) is 0 Å². The minimum atomic E-state index is 0.889. The molecule has 138 valence electrons. The molecule has 0 unspecified atom stereocenters. The molecule has 4 fully saturated rings. The van der Waals surface area contributed by atoms with Gasteiger partial charge in [0.25, 0.3) is 0 Å². The average Bonchev–Trinajstić information content (AvgIpc) is 3.27. The molecule has 4 heterocycles. The summed E-state index contributed by atoms with van der Waals surface area (Å²) in [5.74, 6) is 0. The number of rotatable bonds is 0. The summed E-state index contributed by atoms with van der Waals surface area (Å²) in [6.07, 6.45) is 6.99. The molecule has 0 bridgehead atoms. The van der Waals surface area contributed by atoms with Gasteiger partial charge in [0, 0.05) is 39.3 Å². The molecule has 4 saturated heterocycles. The molecule has 0 amide bonds. The second-order valence-corrected chi connectivity index (χ2v) is 6.13. The minimum absolute atomic E-state index is 0.889. The lowest BCUT2D eigenvalue weighted by Gasteiger charge is -2.11. The van der Waals surface area contributed by atoms with Crippen LogP contribution in [0.25, 0.3) is 0 Å². The van der Waals surface area contributed by atoms with Crippen molar-refractivity contribution in [3.63, 3.8) is 0 Å². The van der Waals surface area contributed by atoms with Crippen LogP contribution < -0.4 is 26.6 Å². The Labute approximate surface area is 142 Å². The minimum Gasteiger partial charge on any atom is -0.379 e. The first-order valence-corrected chi connectivity index (χ1v) is 9.61. The van der Waals surface area contributed by atoms with Crippen LogP contribution in [0.15, 0.2) is 0 Å². The zero-order valence-electron chi connectivity index (χ0n) is 14.9. The van der Waals surface area contributed by atoms with Crippen LogP contribution in [-0.2, 0) is 4.74 Å². The number of morpholine rings is 1. The number of hydrogen-bond donors (Lipinski definition) is 5. The Morgan fingerprint density at radius 3 is 0.870 bits per heavy atom. The molecule has 0 aromatic rings. The second kappa shape index (κ2) is 18.1. The van der Waals surface area contributed by atoms with Gasteiger partial charge in [-0.15, -0.1) is 0 Å². The van der Waals surface area contributed by atoms with E-state index >= 15 is 0 Å². The Balaban J connectivity index is 0.000000154. The van der Waals surface area contributed by atoms with Crippen molar-refractivity contribution in [3.05, 3.63) is 0 Å². The SMILES string of the molecule is C1CCNC1.C1CCNCC1.C1CNCCN1.C1COCCN1. The second-order valence-electron chi connectivity index (χ2n) is 6.13. The fourth-order valence-electron chi connectivity index (χ4n) is 2.55. The molecular formula is C17H39N5O. The van der Waals surface area contributed by atoms with Gasteiger partial charge in [0.2, 0.25) is 0 Å². The van der Waals surface area contributed by atoms with Crippen molar-refractivity contribution in [2.24, 2.45) is 0 Å². The molecule has 0 radical (unpaired) electrons. The molecule has 5 N–H and O–H groups in total. The smallest absolute Gasteiger partial charge is 0.0591 e. The van der Waals surface area contributed by atoms with E-state index < -0.39 is 0 Å². The Hall–Kier alpha value is -0.240. The molecule has 0 aromatic carbocycles. The van der Waals surface area contributed by atoms with E-state index in [2.05, 4.69) is 26.6 Å². The summed E-state index contributed by atoms with van der Waals surface area (Å²) in [6, 6.07) is 0. The lowest BCUT2D eigenvalue weighted by atomic mass is 10.2. The quantitative estimate of drug-likeness (QED) is 0.428. The van der Waals surface area contributed by atoms with Crippen LogP contribution in [0.5, 0.6) is 0 Å². The summed E-state index contributed by atoms with van der Waals surface area (Å²) in [4.78, 5) is 0. The van der Waals surface area contributed by atoms with Gasteiger partial charge in [0.1, 0.15) is 0 Å². The van der Waals surface area contributed by atoms with Gasteiger partial charge in [-0.1, -0.05) is 6.42 Å². The van der Waals surface area contributed by atoms with Crippen molar-refractivity contribution < 1.29 is 4.74 Å². The molecule has 0 spiro atoms. The van der Waals surface area contributed by atoms with Crippen LogP contribution >= 0.6 is 0 Å². The monoisotopic (exact) mass is 329 g/mol. The highest BCUT2D eigenvalue weighted by Gasteiger charge is 1.94. The molecule has 6 nitrogen and oxygen atoms in total. The highest BCUT2D eigenvalue weighted by atomic mass is 16.5. The summed E-state index contributed by atoms with van der Waals surface area (Å²) >= 11 is 0. The maximum Gasteiger partial charge on any atom is 0.0591 e. The van der Waals surface area contributed by atoms with E-state index in [-0.39, 0.29) is 0 Å². The summed E-state index contributed by atoms with van der Waals surface area (Å²) in [7, 11) is 0. The van der Waals surface area contributed by atoms with E-state index in [1.54, 1.807) is 0 Å². The van der Waals surface area contributed by atoms with Gasteiger partial charge in [-0.3, -0.25) is 0 Å². The van der Waals surface area contributed by atoms with Crippen molar-refractivity contribution in [2.75, 3.05) is 78.7 Å². The van der Waals surface area contributed by atoms with E-state index in [0.717, 1.165) is 52.5 Å². The molecule has 6 heteroatoms. The van der Waals surface area contributed by atoms with Crippen molar-refractivity contribution in [1.82, 2.24) is 26.6 Å². The molecule has 4 rings (SSSR count). The fourth-order valence-corrected chi connectivity index (χ4v) is 2.55. The standard InChI is InChI=1S/C5H11N.C4H10N2.C4H9NO.C4H9N/c1-2-4-6-5-3-1;1-2-6-4-3-5-1;1-3-6-4-2-5-1;1-2-4-5-3-1/h6H,1-5H2;5-6H,1-4H2;5H,1-4H2;5H,1-4H2. The number of hydrogen-bond acceptors (Lipinski definition) is 6. The summed E-state index contributed by atoms with van der Waals surface area (Å²) < 4.78 is 5.01. The van der Waals surface area contributed by atoms with Gasteiger partial charge in [-0.25, -0.2) is 0 Å². The highest BCUT2D eigenvalue weighted by Crippen LogP contribution is 1.96. The first-order valence-electron chi connectivity index (χ1n) is 9.61. The predicted molar refractivity (Wildman–Crippen MR) is 98.3 cm³/mol. The lowest BCUT2D eigenvalue weighted by Crippen LogP contribution is -2.39. The molecular weight excluding hydrogens is 290 g/mol. The van der Waals surface area contributed by atoms with Gasteiger partial charge in [0.05, 0.1) is 13.2 Å². The van der Waals surface area contributed by atoms with E-state index in [4.69, 9.17) is 4.74 Å². The molecule has 4 aliphatic heterocycles. The molecule has 0 aromatic heterocycles. The third kappa shape index (κ3) is 16.4. The topological polar surface area (TPSA) is 69.4 Å². The van der Waals surface area contributed by atoms with E-state index in [9.17, 15) is 0 Å². The zero-order chi connectivity index (χ0) is 16.3. The first kappa shape index (κ1) is 20.8. The average molecular weight is 330 g/mol. The van der Waals surface area contributed by atoms with Crippen molar-refractivity contribution in [3.8, 4) is 0 Å². The third-order valence-electron chi connectivity index (χ3n) is 3.97. The van der Waals surface area contributed by atoms with E-state index in [0.29, 0.717) is 0 Å². The number of nitrogens with one attached hydrogen (secondary N) is 5. The number of piperidine rings is 1. The molecule has 4 aliphatic rings. The van der Waals surface area contributed by atoms with Gasteiger partial charge >= 0.3 is 0 Å². The molecule has 23 heavy (non-hydrogen) atoms. The first-order chi connectivity index (χ1) is 11.5. The van der Waals surface area contributed by atoms with Crippen LogP contribution in [-0.4, -0.2) is 78.7 Å². The van der Waals surface area contributed by atoms with Crippen molar-refractivity contribution in [2.45, 2.75) is 32.1 Å². The molecule has 0 saturated carbocycles. The Morgan fingerprint density at radius 1 is 0.348 bits per heavy atom. The van der Waals surface area contributed by atoms with E-state index in [1.807, 2.05) is 0 Å². The van der Waals surface area contributed by atoms with Crippen molar-refractivity contribution >= 4 is 0 Å². The maximum absolute atomic E-state index is 5.01. The Bertz CT molecular complexity index is 144. The molecule has 0 aliphatic carbocycles. The maximum atomic E-state index is 5.01. The summed E-state index contributed by atoms with van der Waals surface area (Å²) in [6.45, 7) is 13.4. The lowest BCUT2D eigenvalue weighted by molar-refractivity contribution is 0.109. The largest absolute Gasteiger partial charge is 0.379 e. The Kier molecular flexibility index (Phi) is 16.4. The van der Waals surface area contributed by atoms with Crippen LogP contribution in [0.3, 0.4) is 0 Å². The predicted octanol–water partition coefficient (Wildman–Crippen LogP) is -0.0849. The zero-order valence-corrected chi connectivity index (χ0v) is 14.9. The Morgan fingerprint density at radius 2 is 0.696 bits per heavy atom. The third-order valence-corrected chi connectivity index (χ3v) is 3.97. The molecule has 0 atom stereocenters. The normalized spacial score (nSPS) is 24.0. The van der Waals surface area contributed by atoms with Gasteiger partial charge < -0.3 is 31.3 Å². The van der Waals surface area contributed by atoms with Crippen molar-refractivity contribution in [1.29, 1.82) is 0 Å². The fraction of sp³-hybridized carbons (Fsp3) is 1.00. The summed E-state index contributed by atoms with van der Waals surface area (Å²) in [5, 5.41) is 16.1. The van der Waals surface area contributed by atoms with Crippen LogP contribution in [0, 0.1) is 0 Å².